The summed E-state index contributed by atoms with van der Waals surface area (Å²) >= 11 is 0. The van der Waals surface area contributed by atoms with Crippen LogP contribution in [0.4, 0.5) is 0 Å². The van der Waals surface area contributed by atoms with Crippen LogP contribution in [0.15, 0.2) is 30.3 Å². The molecule has 0 heterocycles. The highest BCUT2D eigenvalue weighted by Gasteiger charge is 2.02. The molecule has 3 N–H and O–H groups in total. The van der Waals surface area contributed by atoms with Gasteiger partial charge in [-0.25, -0.2) is 5.48 Å². The molecule has 0 fully saturated rings. The lowest BCUT2D eigenvalue weighted by molar-refractivity contribution is 0.0922. The van der Waals surface area contributed by atoms with Crippen molar-refractivity contribution in [2.75, 3.05) is 6.54 Å². The van der Waals surface area contributed by atoms with Crippen LogP contribution in [-0.2, 0) is 6.42 Å². The highest BCUT2D eigenvalue weighted by atomic mass is 16.5. The molecule has 1 rings (SSSR count). The molecular formula is C9H13NO2. The first-order chi connectivity index (χ1) is 5.83. The van der Waals surface area contributed by atoms with E-state index in [1.165, 1.54) is 0 Å². The van der Waals surface area contributed by atoms with Crippen LogP contribution in [0, 0.1) is 0 Å². The number of hydrogen-bond acceptors (Lipinski definition) is 3. The van der Waals surface area contributed by atoms with Gasteiger partial charge in [0.1, 0.15) is 0 Å². The fourth-order valence-electron chi connectivity index (χ4n) is 1.06. The van der Waals surface area contributed by atoms with Crippen molar-refractivity contribution in [1.29, 1.82) is 0 Å². The van der Waals surface area contributed by atoms with E-state index in [1.54, 1.807) is 0 Å². The molecule has 1 atom stereocenters. The lowest BCUT2D eigenvalue weighted by Crippen LogP contribution is -2.25. The molecule has 0 bridgehead atoms. The van der Waals surface area contributed by atoms with Crippen LogP contribution in [0.3, 0.4) is 0 Å². The fraction of sp³-hybridized carbons (Fsp3) is 0.333. The summed E-state index contributed by atoms with van der Waals surface area (Å²) < 4.78 is 0. The highest BCUT2D eigenvalue weighted by Crippen LogP contribution is 2.01. The maximum atomic E-state index is 9.28. The lowest BCUT2D eigenvalue weighted by atomic mass is 10.1. The molecule has 12 heavy (non-hydrogen) atoms. The fourth-order valence-corrected chi connectivity index (χ4v) is 1.06. The standard InChI is InChI=1S/C9H13NO2/c11-9(7-10-12)6-8-4-2-1-3-5-8/h1-5,9-12H,6-7H2. The molecule has 66 valence electrons. The minimum atomic E-state index is -0.530. The summed E-state index contributed by atoms with van der Waals surface area (Å²) in [5, 5.41) is 17.6. The first-order valence-electron chi connectivity index (χ1n) is 3.92. The van der Waals surface area contributed by atoms with Gasteiger partial charge in [0.05, 0.1) is 6.10 Å². The quantitative estimate of drug-likeness (QED) is 0.575. The van der Waals surface area contributed by atoms with Crippen molar-refractivity contribution in [3.63, 3.8) is 0 Å². The van der Waals surface area contributed by atoms with E-state index in [9.17, 15) is 5.11 Å². The van der Waals surface area contributed by atoms with Gasteiger partial charge in [0.25, 0.3) is 0 Å². The van der Waals surface area contributed by atoms with Crippen molar-refractivity contribution >= 4 is 0 Å². The second-order valence-corrected chi connectivity index (χ2v) is 2.71. The molecule has 1 aromatic rings. The molecule has 0 saturated heterocycles. The Morgan fingerprint density at radius 2 is 1.92 bits per heavy atom. The summed E-state index contributed by atoms with van der Waals surface area (Å²) in [5.74, 6) is 0. The molecular weight excluding hydrogens is 154 g/mol. The van der Waals surface area contributed by atoms with Gasteiger partial charge in [0.2, 0.25) is 0 Å². The van der Waals surface area contributed by atoms with Crippen molar-refractivity contribution in [2.45, 2.75) is 12.5 Å². The Bertz CT molecular complexity index is 213. The Morgan fingerprint density at radius 3 is 2.50 bits per heavy atom. The van der Waals surface area contributed by atoms with Crippen LogP contribution in [-0.4, -0.2) is 23.0 Å². The van der Waals surface area contributed by atoms with Crippen LogP contribution in [0.1, 0.15) is 5.56 Å². The topological polar surface area (TPSA) is 52.5 Å². The lowest BCUT2D eigenvalue weighted by Gasteiger charge is -2.08. The zero-order valence-electron chi connectivity index (χ0n) is 6.77. The van der Waals surface area contributed by atoms with Gasteiger partial charge >= 0.3 is 0 Å². The third kappa shape index (κ3) is 3.00. The minimum absolute atomic E-state index is 0.203. The zero-order valence-corrected chi connectivity index (χ0v) is 6.77. The van der Waals surface area contributed by atoms with E-state index in [1.807, 2.05) is 35.8 Å². The zero-order chi connectivity index (χ0) is 8.81. The molecule has 3 nitrogen and oxygen atoms in total. The monoisotopic (exact) mass is 167 g/mol. The molecule has 0 aliphatic heterocycles. The predicted octanol–water partition coefficient (Wildman–Crippen LogP) is 0.569. The summed E-state index contributed by atoms with van der Waals surface area (Å²) in [7, 11) is 0. The molecule has 0 saturated carbocycles. The molecule has 0 amide bonds. The van der Waals surface area contributed by atoms with E-state index in [-0.39, 0.29) is 6.54 Å². The molecule has 1 unspecified atom stereocenters. The van der Waals surface area contributed by atoms with Gasteiger partial charge in [0.15, 0.2) is 0 Å². The van der Waals surface area contributed by atoms with E-state index in [4.69, 9.17) is 5.21 Å². The maximum absolute atomic E-state index is 9.28. The normalized spacial score (nSPS) is 12.8. The molecule has 0 radical (unpaired) electrons. The number of benzene rings is 1. The number of hydroxylamine groups is 1. The molecule has 0 aromatic heterocycles. The smallest absolute Gasteiger partial charge is 0.0728 e. The first-order valence-corrected chi connectivity index (χ1v) is 3.92. The number of hydrogen-bond donors (Lipinski definition) is 3. The van der Waals surface area contributed by atoms with Crippen LogP contribution < -0.4 is 5.48 Å². The third-order valence-electron chi connectivity index (χ3n) is 1.64. The van der Waals surface area contributed by atoms with Crippen LogP contribution in [0.2, 0.25) is 0 Å². The van der Waals surface area contributed by atoms with Crippen LogP contribution in [0.25, 0.3) is 0 Å². The van der Waals surface area contributed by atoms with Crippen LogP contribution >= 0.6 is 0 Å². The predicted molar refractivity (Wildman–Crippen MR) is 45.9 cm³/mol. The molecule has 0 spiro atoms. The maximum Gasteiger partial charge on any atom is 0.0728 e. The van der Waals surface area contributed by atoms with Gasteiger partial charge < -0.3 is 10.3 Å². The van der Waals surface area contributed by atoms with Gasteiger partial charge in [-0.2, -0.15) is 0 Å². The Kier molecular flexibility index (Phi) is 3.73. The number of nitrogens with one attached hydrogen (secondary N) is 1. The van der Waals surface area contributed by atoms with Gasteiger partial charge in [0, 0.05) is 6.54 Å². The second-order valence-electron chi connectivity index (χ2n) is 2.71. The van der Waals surface area contributed by atoms with Gasteiger partial charge in [-0.15, -0.1) is 0 Å². The van der Waals surface area contributed by atoms with E-state index >= 15 is 0 Å². The molecule has 3 heteroatoms. The summed E-state index contributed by atoms with van der Waals surface area (Å²) in [6.07, 6.45) is 0.0337. The van der Waals surface area contributed by atoms with Gasteiger partial charge in [-0.05, 0) is 12.0 Å². The Hall–Kier alpha value is -0.900. The van der Waals surface area contributed by atoms with E-state index in [0.717, 1.165) is 5.56 Å². The van der Waals surface area contributed by atoms with Gasteiger partial charge in [-0.1, -0.05) is 30.3 Å². The van der Waals surface area contributed by atoms with Crippen molar-refractivity contribution < 1.29 is 10.3 Å². The largest absolute Gasteiger partial charge is 0.391 e. The summed E-state index contributed by atoms with van der Waals surface area (Å²) in [6.45, 7) is 0.203. The highest BCUT2D eigenvalue weighted by molar-refractivity contribution is 5.15. The summed E-state index contributed by atoms with van der Waals surface area (Å²) in [6, 6.07) is 9.67. The SMILES string of the molecule is ONCC(O)Cc1ccccc1. The first kappa shape index (κ1) is 9.19. The molecule has 0 aliphatic rings. The van der Waals surface area contributed by atoms with Crippen molar-refractivity contribution in [3.8, 4) is 0 Å². The number of aliphatic hydroxyl groups excluding tert-OH is 1. The Labute approximate surface area is 71.6 Å². The van der Waals surface area contributed by atoms with E-state index < -0.39 is 6.10 Å². The second kappa shape index (κ2) is 4.87. The average Bonchev–Trinajstić information content (AvgIpc) is 2.06. The molecule has 1 aromatic carbocycles. The summed E-state index contributed by atoms with van der Waals surface area (Å²) in [4.78, 5) is 0. The van der Waals surface area contributed by atoms with Gasteiger partial charge in [-0.3, -0.25) is 0 Å². The average molecular weight is 167 g/mol. The number of aliphatic hydroxyl groups is 1. The van der Waals surface area contributed by atoms with E-state index in [2.05, 4.69) is 0 Å². The van der Waals surface area contributed by atoms with Crippen molar-refractivity contribution in [2.24, 2.45) is 0 Å². The van der Waals surface area contributed by atoms with Crippen molar-refractivity contribution in [1.82, 2.24) is 5.48 Å². The Morgan fingerprint density at radius 1 is 1.25 bits per heavy atom. The minimum Gasteiger partial charge on any atom is -0.391 e. The van der Waals surface area contributed by atoms with Crippen LogP contribution in [0.5, 0.6) is 0 Å². The third-order valence-corrected chi connectivity index (χ3v) is 1.64. The number of rotatable bonds is 4. The molecule has 0 aliphatic carbocycles. The Balaban J connectivity index is 2.41. The van der Waals surface area contributed by atoms with E-state index in [0.29, 0.717) is 6.42 Å². The van der Waals surface area contributed by atoms with Crippen molar-refractivity contribution in [3.05, 3.63) is 35.9 Å². The summed E-state index contributed by atoms with van der Waals surface area (Å²) in [5.41, 5.74) is 3.01.